The highest BCUT2D eigenvalue weighted by molar-refractivity contribution is 7.89. The molecule has 2 aliphatic rings. The monoisotopic (exact) mass is 464 g/mol. The number of likely N-dealkylation sites (tertiary alicyclic amines) is 1. The van der Waals surface area contributed by atoms with Crippen LogP contribution in [0, 0.1) is 5.92 Å². The third kappa shape index (κ3) is 4.68. The zero-order valence-electron chi connectivity index (χ0n) is 18.8. The number of hydrogen-bond donors (Lipinski definition) is 0. The smallest absolute Gasteiger partial charge is 0.310 e. The molecule has 2 fully saturated rings. The average Bonchev–Trinajstić information content (AvgIpc) is 3.16. The SMILES string of the molecule is CCOC(=O)C1CCCN(Cc2nc3cc(S(=O)(=O)N4CCOCC4)ccc3n2CC)C1. The molecule has 3 heterocycles. The summed E-state index contributed by atoms with van der Waals surface area (Å²) in [5.41, 5.74) is 1.59. The normalized spacial score (nSPS) is 21.1. The molecule has 2 aliphatic heterocycles. The van der Waals surface area contributed by atoms with E-state index in [9.17, 15) is 13.2 Å². The number of sulfonamides is 1. The maximum atomic E-state index is 13.0. The van der Waals surface area contributed by atoms with E-state index < -0.39 is 10.0 Å². The Hall–Kier alpha value is -2.01. The number of benzene rings is 1. The van der Waals surface area contributed by atoms with E-state index in [4.69, 9.17) is 14.5 Å². The number of nitrogens with zero attached hydrogens (tertiary/aromatic N) is 4. The predicted octanol–water partition coefficient (Wildman–Crippen LogP) is 1.85. The van der Waals surface area contributed by atoms with Gasteiger partial charge < -0.3 is 14.0 Å². The summed E-state index contributed by atoms with van der Waals surface area (Å²) in [4.78, 5) is 19.5. The van der Waals surface area contributed by atoms with Crippen molar-refractivity contribution < 1.29 is 22.7 Å². The second kappa shape index (κ2) is 9.86. The highest BCUT2D eigenvalue weighted by atomic mass is 32.2. The molecule has 10 heteroatoms. The molecule has 2 saturated heterocycles. The highest BCUT2D eigenvalue weighted by Gasteiger charge is 2.29. The Morgan fingerprint density at radius 1 is 1.22 bits per heavy atom. The fourth-order valence-electron chi connectivity index (χ4n) is 4.58. The van der Waals surface area contributed by atoms with Crippen LogP contribution >= 0.6 is 0 Å². The van der Waals surface area contributed by atoms with Crippen LogP contribution in [-0.4, -0.2) is 79.1 Å². The van der Waals surface area contributed by atoms with Crippen LogP contribution in [0.2, 0.25) is 0 Å². The predicted molar refractivity (Wildman–Crippen MR) is 120 cm³/mol. The molecule has 9 nitrogen and oxygen atoms in total. The molecule has 2 aromatic rings. The molecule has 1 atom stereocenters. The summed E-state index contributed by atoms with van der Waals surface area (Å²) in [6.07, 6.45) is 1.79. The van der Waals surface area contributed by atoms with Crippen molar-refractivity contribution in [3.8, 4) is 0 Å². The van der Waals surface area contributed by atoms with Gasteiger partial charge in [-0.2, -0.15) is 4.31 Å². The molecule has 0 spiro atoms. The van der Waals surface area contributed by atoms with Crippen LogP contribution in [0.25, 0.3) is 11.0 Å². The summed E-state index contributed by atoms with van der Waals surface area (Å²) >= 11 is 0. The minimum absolute atomic E-state index is 0.103. The number of piperidine rings is 1. The van der Waals surface area contributed by atoms with Gasteiger partial charge in [0.25, 0.3) is 0 Å². The van der Waals surface area contributed by atoms with Gasteiger partial charge in [0.1, 0.15) is 5.82 Å². The van der Waals surface area contributed by atoms with Gasteiger partial charge in [-0.3, -0.25) is 9.69 Å². The number of carbonyl (C=O) groups is 1. The number of imidazole rings is 1. The summed E-state index contributed by atoms with van der Waals surface area (Å²) < 4.78 is 40.2. The highest BCUT2D eigenvalue weighted by Crippen LogP contribution is 2.25. The summed E-state index contributed by atoms with van der Waals surface area (Å²) in [7, 11) is -3.57. The lowest BCUT2D eigenvalue weighted by molar-refractivity contribution is -0.150. The fraction of sp³-hybridized carbons (Fsp3) is 0.636. The number of fused-ring (bicyclic) bond motifs is 1. The molecule has 4 rings (SSSR count). The second-order valence-electron chi connectivity index (χ2n) is 8.27. The van der Waals surface area contributed by atoms with Gasteiger partial charge in [0.05, 0.1) is 48.2 Å². The van der Waals surface area contributed by atoms with Crippen molar-refractivity contribution in [1.82, 2.24) is 18.8 Å². The Labute approximate surface area is 189 Å². The van der Waals surface area contributed by atoms with Crippen LogP contribution < -0.4 is 0 Å². The van der Waals surface area contributed by atoms with Crippen molar-refractivity contribution in [1.29, 1.82) is 0 Å². The van der Waals surface area contributed by atoms with Gasteiger partial charge in [-0.25, -0.2) is 13.4 Å². The van der Waals surface area contributed by atoms with E-state index >= 15 is 0 Å². The maximum Gasteiger partial charge on any atom is 0.310 e. The summed E-state index contributed by atoms with van der Waals surface area (Å²) in [5, 5.41) is 0. The van der Waals surface area contributed by atoms with Crippen LogP contribution in [0.1, 0.15) is 32.5 Å². The molecule has 0 saturated carbocycles. The van der Waals surface area contributed by atoms with Crippen LogP contribution in [0.3, 0.4) is 0 Å². The summed E-state index contributed by atoms with van der Waals surface area (Å²) in [6.45, 7) is 8.75. The molecule has 1 aromatic heterocycles. The van der Waals surface area contributed by atoms with Crippen molar-refractivity contribution >= 4 is 27.0 Å². The molecular formula is C22H32N4O5S. The van der Waals surface area contributed by atoms with E-state index in [0.717, 1.165) is 37.3 Å². The Morgan fingerprint density at radius 3 is 2.72 bits per heavy atom. The van der Waals surface area contributed by atoms with Gasteiger partial charge in [0.2, 0.25) is 10.0 Å². The standard InChI is InChI=1S/C22H32N4O5S/c1-3-26-20-8-7-18(32(28,29)25-10-12-30-13-11-25)14-19(20)23-21(26)16-24-9-5-6-17(15-24)22(27)31-4-2/h7-8,14,17H,3-6,9-13,15-16H2,1-2H3. The van der Waals surface area contributed by atoms with Crippen molar-refractivity contribution in [2.75, 3.05) is 46.0 Å². The quantitative estimate of drug-likeness (QED) is 0.577. The van der Waals surface area contributed by atoms with Crippen molar-refractivity contribution in [2.45, 2.75) is 44.7 Å². The number of carbonyl (C=O) groups excluding carboxylic acids is 1. The third-order valence-electron chi connectivity index (χ3n) is 6.21. The molecule has 1 unspecified atom stereocenters. The molecule has 176 valence electrons. The lowest BCUT2D eigenvalue weighted by Crippen LogP contribution is -2.40. The molecule has 32 heavy (non-hydrogen) atoms. The zero-order chi connectivity index (χ0) is 22.7. The first-order chi connectivity index (χ1) is 15.4. The zero-order valence-corrected chi connectivity index (χ0v) is 19.6. The minimum atomic E-state index is -3.57. The third-order valence-corrected chi connectivity index (χ3v) is 8.11. The largest absolute Gasteiger partial charge is 0.466 e. The van der Waals surface area contributed by atoms with Gasteiger partial charge in [-0.1, -0.05) is 0 Å². The van der Waals surface area contributed by atoms with Gasteiger partial charge >= 0.3 is 5.97 Å². The second-order valence-corrected chi connectivity index (χ2v) is 10.2. The number of ether oxygens (including phenoxy) is 2. The summed E-state index contributed by atoms with van der Waals surface area (Å²) in [5.74, 6) is 0.653. The Morgan fingerprint density at radius 2 is 2.00 bits per heavy atom. The van der Waals surface area contributed by atoms with Gasteiger partial charge in [0.15, 0.2) is 0 Å². The van der Waals surface area contributed by atoms with Crippen molar-refractivity contribution in [3.05, 3.63) is 24.0 Å². The molecule has 0 radical (unpaired) electrons. The van der Waals surface area contributed by atoms with E-state index in [-0.39, 0.29) is 16.8 Å². The molecule has 1 aromatic carbocycles. The average molecular weight is 465 g/mol. The lowest BCUT2D eigenvalue weighted by Gasteiger charge is -2.31. The van der Waals surface area contributed by atoms with E-state index in [1.54, 1.807) is 12.1 Å². The summed E-state index contributed by atoms with van der Waals surface area (Å²) in [6, 6.07) is 5.19. The topological polar surface area (TPSA) is 94.0 Å². The van der Waals surface area contributed by atoms with Crippen LogP contribution in [-0.2, 0) is 37.4 Å². The van der Waals surface area contributed by atoms with Crippen LogP contribution in [0.5, 0.6) is 0 Å². The Bertz CT molecular complexity index is 1060. The molecule has 0 N–H and O–H groups in total. The number of morpholine rings is 1. The van der Waals surface area contributed by atoms with Crippen molar-refractivity contribution in [2.24, 2.45) is 5.92 Å². The van der Waals surface area contributed by atoms with Gasteiger partial charge in [-0.05, 0) is 51.4 Å². The van der Waals surface area contributed by atoms with E-state index in [1.165, 1.54) is 4.31 Å². The van der Waals surface area contributed by atoms with E-state index in [0.29, 0.717) is 51.5 Å². The number of rotatable bonds is 7. The molecular weight excluding hydrogens is 432 g/mol. The van der Waals surface area contributed by atoms with Gasteiger partial charge in [0, 0.05) is 26.2 Å². The van der Waals surface area contributed by atoms with Crippen LogP contribution in [0.15, 0.2) is 23.1 Å². The van der Waals surface area contributed by atoms with E-state index in [1.807, 2.05) is 13.0 Å². The maximum absolute atomic E-state index is 13.0. The fourth-order valence-corrected chi connectivity index (χ4v) is 6.01. The molecule has 0 amide bonds. The lowest BCUT2D eigenvalue weighted by atomic mass is 9.98. The Balaban J connectivity index is 1.57. The molecule has 0 bridgehead atoms. The first-order valence-corrected chi connectivity index (χ1v) is 12.8. The minimum Gasteiger partial charge on any atom is -0.466 e. The van der Waals surface area contributed by atoms with Crippen molar-refractivity contribution in [3.63, 3.8) is 0 Å². The number of aromatic nitrogens is 2. The van der Waals surface area contributed by atoms with Crippen LogP contribution in [0.4, 0.5) is 0 Å². The Kier molecular flexibility index (Phi) is 7.14. The van der Waals surface area contributed by atoms with E-state index in [2.05, 4.69) is 16.4 Å². The first-order valence-electron chi connectivity index (χ1n) is 11.4. The molecule has 0 aliphatic carbocycles. The number of aryl methyl sites for hydroxylation is 1. The first kappa shape index (κ1) is 23.2. The number of esters is 1. The van der Waals surface area contributed by atoms with Gasteiger partial charge in [-0.15, -0.1) is 0 Å². The number of hydrogen-bond acceptors (Lipinski definition) is 7.